The second-order valence-electron chi connectivity index (χ2n) is 9.42. The fourth-order valence-corrected chi connectivity index (χ4v) is 4.42. The number of hydrogen-bond acceptors (Lipinski definition) is 4. The molecule has 34 heavy (non-hydrogen) atoms. The van der Waals surface area contributed by atoms with E-state index in [1.165, 1.54) is 18.4 Å². The molecule has 5 heteroatoms. The van der Waals surface area contributed by atoms with Crippen LogP contribution in [0.25, 0.3) is 10.8 Å². The molecule has 3 aromatic carbocycles. The number of ether oxygens (including phenoxy) is 1. The van der Waals surface area contributed by atoms with E-state index in [9.17, 15) is 9.59 Å². The number of ketones is 1. The van der Waals surface area contributed by atoms with Crippen molar-refractivity contribution in [3.05, 3.63) is 71.3 Å². The molecule has 0 saturated heterocycles. The van der Waals surface area contributed by atoms with Crippen LogP contribution in [0.2, 0.25) is 0 Å². The summed E-state index contributed by atoms with van der Waals surface area (Å²) in [5.74, 6) is 0.917. The second kappa shape index (κ2) is 10.7. The fraction of sp³-hybridized carbons (Fsp3) is 0.379. The van der Waals surface area contributed by atoms with Crippen LogP contribution in [-0.4, -0.2) is 37.6 Å². The molecule has 4 rings (SSSR count). The lowest BCUT2D eigenvalue weighted by atomic mass is 9.97. The van der Waals surface area contributed by atoms with Crippen LogP contribution in [0.15, 0.2) is 54.6 Å². The number of Topliss-reactive ketones (excluding diaryl/α,β-unsaturated/α-hetero) is 1. The van der Waals surface area contributed by atoms with Gasteiger partial charge in [0.2, 0.25) is 0 Å². The van der Waals surface area contributed by atoms with Crippen LogP contribution in [0, 0.1) is 5.92 Å². The molecule has 0 radical (unpaired) electrons. The van der Waals surface area contributed by atoms with Gasteiger partial charge in [-0.3, -0.25) is 9.59 Å². The third-order valence-electron chi connectivity index (χ3n) is 6.60. The van der Waals surface area contributed by atoms with E-state index in [4.69, 9.17) is 9.84 Å². The van der Waals surface area contributed by atoms with Crippen LogP contribution in [-0.2, 0) is 17.6 Å². The Bertz CT molecular complexity index is 1160. The number of carboxylic acids is 1. The minimum atomic E-state index is -0.747. The lowest BCUT2D eigenvalue weighted by molar-refractivity contribution is -0.137. The minimum absolute atomic E-state index is 0.105. The van der Waals surface area contributed by atoms with E-state index in [1.54, 1.807) is 7.11 Å². The van der Waals surface area contributed by atoms with Gasteiger partial charge in [-0.25, -0.2) is 0 Å². The number of benzene rings is 3. The molecule has 0 spiro atoms. The number of methoxy groups -OCH3 is 1. The van der Waals surface area contributed by atoms with Crippen molar-refractivity contribution in [2.75, 3.05) is 25.6 Å². The van der Waals surface area contributed by atoms with Crippen molar-refractivity contribution in [1.29, 1.82) is 0 Å². The molecule has 0 aromatic heterocycles. The number of fused-ring (bicyclic) bond motifs is 1. The van der Waals surface area contributed by atoms with E-state index < -0.39 is 5.97 Å². The van der Waals surface area contributed by atoms with Crippen molar-refractivity contribution in [3.63, 3.8) is 0 Å². The summed E-state index contributed by atoms with van der Waals surface area (Å²) >= 11 is 0. The van der Waals surface area contributed by atoms with Gasteiger partial charge in [-0.05, 0) is 78.8 Å². The molecule has 0 aliphatic heterocycles. The third-order valence-corrected chi connectivity index (χ3v) is 6.60. The number of carbonyl (C=O) groups excluding carboxylic acids is 1. The number of rotatable bonds is 12. The van der Waals surface area contributed by atoms with Gasteiger partial charge in [0.1, 0.15) is 5.75 Å². The average Bonchev–Trinajstić information content (AvgIpc) is 3.65. The molecule has 0 bridgehead atoms. The molecule has 178 valence electrons. The molecule has 1 saturated carbocycles. The highest BCUT2D eigenvalue weighted by Gasteiger charge is 2.24. The van der Waals surface area contributed by atoms with Crippen LogP contribution in [0.1, 0.15) is 53.6 Å². The van der Waals surface area contributed by atoms with Crippen LogP contribution in [0.3, 0.4) is 0 Å². The summed E-state index contributed by atoms with van der Waals surface area (Å²) in [6.45, 7) is 0.998. The fourth-order valence-electron chi connectivity index (χ4n) is 4.42. The Morgan fingerprint density at radius 3 is 2.41 bits per heavy atom. The van der Waals surface area contributed by atoms with Gasteiger partial charge in [-0.1, -0.05) is 30.3 Å². The predicted octanol–water partition coefficient (Wildman–Crippen LogP) is 5.92. The van der Waals surface area contributed by atoms with E-state index in [2.05, 4.69) is 18.0 Å². The zero-order chi connectivity index (χ0) is 24.1. The van der Waals surface area contributed by atoms with Crippen LogP contribution < -0.4 is 9.64 Å². The summed E-state index contributed by atoms with van der Waals surface area (Å²) in [5.41, 5.74) is 3.96. The van der Waals surface area contributed by atoms with Crippen molar-refractivity contribution in [3.8, 4) is 5.75 Å². The highest BCUT2D eigenvalue weighted by molar-refractivity contribution is 6.05. The van der Waals surface area contributed by atoms with Crippen molar-refractivity contribution in [1.82, 2.24) is 0 Å². The number of anilines is 1. The van der Waals surface area contributed by atoms with E-state index in [-0.39, 0.29) is 12.2 Å². The Balaban J connectivity index is 1.50. The molecule has 0 unspecified atom stereocenters. The summed E-state index contributed by atoms with van der Waals surface area (Å²) in [6.07, 6.45) is 5.51. The monoisotopic (exact) mass is 459 g/mol. The van der Waals surface area contributed by atoms with Gasteiger partial charge in [0, 0.05) is 43.1 Å². The van der Waals surface area contributed by atoms with Crippen LogP contribution in [0.4, 0.5) is 5.69 Å². The summed E-state index contributed by atoms with van der Waals surface area (Å²) in [6, 6.07) is 18.2. The molecule has 0 heterocycles. The predicted molar refractivity (Wildman–Crippen MR) is 136 cm³/mol. The van der Waals surface area contributed by atoms with E-state index in [0.29, 0.717) is 12.8 Å². The molecule has 1 N–H and O–H groups in total. The highest BCUT2D eigenvalue weighted by Crippen LogP contribution is 2.35. The molecular formula is C29H33NO4. The number of nitrogens with zero attached hydrogens (tertiary/aromatic N) is 1. The van der Waals surface area contributed by atoms with Crippen LogP contribution in [0.5, 0.6) is 5.75 Å². The zero-order valence-corrected chi connectivity index (χ0v) is 20.0. The van der Waals surface area contributed by atoms with Crippen molar-refractivity contribution >= 4 is 28.2 Å². The first kappa shape index (κ1) is 23.8. The SMILES string of the molecule is COc1ccc2cc(C(=O)Cc3ccc(CCCCC(=O)O)cc3)cc(N(C)CC3CC3)c2c1. The number of carboxylic acid groups (broad SMARTS) is 1. The lowest BCUT2D eigenvalue weighted by Crippen LogP contribution is -2.20. The van der Waals surface area contributed by atoms with E-state index in [1.807, 2.05) is 48.5 Å². The number of unbranched alkanes of at least 4 members (excludes halogenated alkanes) is 1. The first-order chi connectivity index (χ1) is 16.4. The lowest BCUT2D eigenvalue weighted by Gasteiger charge is -2.22. The Morgan fingerprint density at radius 2 is 1.74 bits per heavy atom. The highest BCUT2D eigenvalue weighted by atomic mass is 16.5. The minimum Gasteiger partial charge on any atom is -0.497 e. The molecule has 1 aliphatic rings. The standard InChI is InChI=1S/C29H33NO4/c1-30(19-22-11-12-22)27-17-24(16-23-13-14-25(34-2)18-26(23)27)28(31)15-21-9-7-20(8-10-21)5-3-4-6-29(32)33/h7-10,13-14,16-18,22H,3-6,11-12,15,19H2,1-2H3,(H,32,33). The maximum atomic E-state index is 13.3. The van der Waals surface area contributed by atoms with Crippen molar-refractivity contribution in [2.45, 2.75) is 44.9 Å². The summed E-state index contributed by atoms with van der Waals surface area (Å²) in [7, 11) is 3.78. The van der Waals surface area contributed by atoms with Gasteiger partial charge >= 0.3 is 5.97 Å². The van der Waals surface area contributed by atoms with E-state index >= 15 is 0 Å². The van der Waals surface area contributed by atoms with Gasteiger partial charge in [0.25, 0.3) is 0 Å². The first-order valence-electron chi connectivity index (χ1n) is 12.1. The smallest absolute Gasteiger partial charge is 0.303 e. The molecule has 3 aromatic rings. The number of hydrogen-bond donors (Lipinski definition) is 1. The summed E-state index contributed by atoms with van der Waals surface area (Å²) < 4.78 is 5.45. The van der Waals surface area contributed by atoms with E-state index in [0.717, 1.165) is 58.6 Å². The van der Waals surface area contributed by atoms with Crippen molar-refractivity contribution in [2.24, 2.45) is 5.92 Å². The Kier molecular flexibility index (Phi) is 7.51. The number of carbonyl (C=O) groups is 2. The topological polar surface area (TPSA) is 66.8 Å². The maximum Gasteiger partial charge on any atom is 0.303 e. The van der Waals surface area contributed by atoms with Gasteiger partial charge in [-0.15, -0.1) is 0 Å². The second-order valence-corrected chi connectivity index (χ2v) is 9.42. The Labute approximate surface area is 201 Å². The summed E-state index contributed by atoms with van der Waals surface area (Å²) in [4.78, 5) is 26.2. The number of aliphatic carboxylic acids is 1. The molecule has 1 aliphatic carbocycles. The summed E-state index contributed by atoms with van der Waals surface area (Å²) in [5, 5.41) is 10.9. The molecule has 0 amide bonds. The zero-order valence-electron chi connectivity index (χ0n) is 20.0. The molecule has 5 nitrogen and oxygen atoms in total. The van der Waals surface area contributed by atoms with Crippen LogP contribution >= 0.6 is 0 Å². The first-order valence-corrected chi connectivity index (χ1v) is 12.1. The van der Waals surface area contributed by atoms with Gasteiger partial charge in [0.15, 0.2) is 5.78 Å². The average molecular weight is 460 g/mol. The Hall–Kier alpha value is -3.34. The maximum absolute atomic E-state index is 13.3. The molecule has 1 fully saturated rings. The van der Waals surface area contributed by atoms with Crippen molar-refractivity contribution < 1.29 is 19.4 Å². The Morgan fingerprint density at radius 1 is 1.00 bits per heavy atom. The molecule has 0 atom stereocenters. The quantitative estimate of drug-likeness (QED) is 0.269. The normalized spacial score (nSPS) is 13.1. The third kappa shape index (κ3) is 6.16. The largest absolute Gasteiger partial charge is 0.497 e. The molecular weight excluding hydrogens is 426 g/mol. The van der Waals surface area contributed by atoms with Gasteiger partial charge in [0.05, 0.1) is 7.11 Å². The van der Waals surface area contributed by atoms with Gasteiger partial charge < -0.3 is 14.7 Å². The van der Waals surface area contributed by atoms with Gasteiger partial charge in [-0.2, -0.15) is 0 Å². The number of aryl methyl sites for hydroxylation is 1.